The molecule has 192 valence electrons. The summed E-state index contributed by atoms with van der Waals surface area (Å²) in [6.45, 7) is 1.39. The number of rotatable bonds is 14. The van der Waals surface area contributed by atoms with Crippen LogP contribution in [0.4, 0.5) is 0 Å². The summed E-state index contributed by atoms with van der Waals surface area (Å²) in [5.41, 5.74) is 1.90. The third-order valence-electron chi connectivity index (χ3n) is 5.84. The van der Waals surface area contributed by atoms with Crippen molar-refractivity contribution in [2.45, 2.75) is 19.4 Å². The van der Waals surface area contributed by atoms with Crippen LogP contribution in [0.1, 0.15) is 16.9 Å². The van der Waals surface area contributed by atoms with Crippen molar-refractivity contribution in [1.82, 2.24) is 9.80 Å². The molecule has 0 atom stereocenters. The van der Waals surface area contributed by atoms with Crippen LogP contribution in [0.3, 0.4) is 0 Å². The molecule has 2 amide bonds. The number of benzene rings is 2. The Balaban J connectivity index is 1.72. The third-order valence-corrected chi connectivity index (χ3v) is 5.84. The lowest BCUT2D eigenvalue weighted by atomic mass is 10.1. The van der Waals surface area contributed by atoms with Gasteiger partial charge in [0.1, 0.15) is 5.76 Å². The molecule has 8 nitrogen and oxygen atoms in total. The van der Waals surface area contributed by atoms with Gasteiger partial charge in [-0.1, -0.05) is 36.4 Å². The summed E-state index contributed by atoms with van der Waals surface area (Å²) in [7, 11) is 4.76. The molecule has 1 heterocycles. The Labute approximate surface area is 212 Å². The standard InChI is InChI=1S/C28H34N2O6/c1-33-17-15-30(27(31)19-22-8-5-4-6-9-22)21-28(32)29(20-24-10-7-16-36-24)14-13-23-11-12-25(34-2)26(18-23)35-3/h4-12,16,18H,13-15,17,19-21H2,1-3H3. The molecular weight excluding hydrogens is 460 g/mol. The van der Waals surface area contributed by atoms with Gasteiger partial charge in [-0.2, -0.15) is 0 Å². The maximum absolute atomic E-state index is 13.4. The Hall–Kier alpha value is -3.78. The van der Waals surface area contributed by atoms with E-state index in [1.165, 1.54) is 0 Å². The molecule has 0 fully saturated rings. The van der Waals surface area contributed by atoms with Gasteiger partial charge >= 0.3 is 0 Å². The predicted molar refractivity (Wildman–Crippen MR) is 136 cm³/mol. The maximum Gasteiger partial charge on any atom is 0.242 e. The number of nitrogens with zero attached hydrogens (tertiary/aromatic N) is 2. The maximum atomic E-state index is 13.4. The van der Waals surface area contributed by atoms with Gasteiger partial charge in [-0.05, 0) is 41.8 Å². The summed E-state index contributed by atoms with van der Waals surface area (Å²) in [6, 6.07) is 18.8. The topological polar surface area (TPSA) is 81.5 Å². The Morgan fingerprint density at radius 1 is 0.806 bits per heavy atom. The normalized spacial score (nSPS) is 10.6. The largest absolute Gasteiger partial charge is 0.493 e. The first-order valence-electron chi connectivity index (χ1n) is 11.9. The first-order chi connectivity index (χ1) is 17.5. The minimum absolute atomic E-state index is 0.0400. The summed E-state index contributed by atoms with van der Waals surface area (Å²) < 4.78 is 21.4. The van der Waals surface area contributed by atoms with Crippen LogP contribution in [0.5, 0.6) is 11.5 Å². The lowest BCUT2D eigenvalue weighted by Gasteiger charge is -2.27. The second-order valence-electron chi connectivity index (χ2n) is 8.30. The molecule has 3 aromatic rings. The Morgan fingerprint density at radius 2 is 1.58 bits per heavy atom. The number of methoxy groups -OCH3 is 3. The highest BCUT2D eigenvalue weighted by atomic mass is 16.5. The molecule has 36 heavy (non-hydrogen) atoms. The average molecular weight is 495 g/mol. The van der Waals surface area contributed by atoms with Crippen molar-refractivity contribution in [3.05, 3.63) is 83.8 Å². The van der Waals surface area contributed by atoms with Gasteiger partial charge in [0.2, 0.25) is 11.8 Å². The van der Waals surface area contributed by atoms with Gasteiger partial charge in [-0.25, -0.2) is 0 Å². The minimum Gasteiger partial charge on any atom is -0.493 e. The second kappa shape index (κ2) is 13.9. The zero-order valence-corrected chi connectivity index (χ0v) is 21.1. The van der Waals surface area contributed by atoms with Crippen LogP contribution in [0, 0.1) is 0 Å². The number of carbonyl (C=O) groups is 2. The fraction of sp³-hybridized carbons (Fsp3) is 0.357. The molecule has 0 aliphatic carbocycles. The summed E-state index contributed by atoms with van der Waals surface area (Å²) in [4.78, 5) is 29.8. The van der Waals surface area contributed by atoms with Gasteiger partial charge in [0.15, 0.2) is 11.5 Å². The lowest BCUT2D eigenvalue weighted by molar-refractivity contribution is -0.141. The molecule has 0 N–H and O–H groups in total. The van der Waals surface area contributed by atoms with E-state index in [4.69, 9.17) is 18.6 Å². The van der Waals surface area contributed by atoms with E-state index >= 15 is 0 Å². The van der Waals surface area contributed by atoms with E-state index in [9.17, 15) is 9.59 Å². The van der Waals surface area contributed by atoms with Crippen LogP contribution in [-0.2, 0) is 33.7 Å². The highest BCUT2D eigenvalue weighted by Gasteiger charge is 2.22. The van der Waals surface area contributed by atoms with Crippen molar-refractivity contribution in [2.75, 3.05) is 47.6 Å². The molecule has 8 heteroatoms. The first kappa shape index (κ1) is 26.8. The molecule has 3 rings (SSSR count). The van der Waals surface area contributed by atoms with Crippen molar-refractivity contribution in [3.8, 4) is 11.5 Å². The zero-order chi connectivity index (χ0) is 25.8. The number of carbonyl (C=O) groups excluding carboxylic acids is 2. The van der Waals surface area contributed by atoms with E-state index in [1.807, 2.05) is 54.6 Å². The lowest BCUT2D eigenvalue weighted by Crippen LogP contribution is -2.45. The van der Waals surface area contributed by atoms with E-state index in [2.05, 4.69) is 0 Å². The first-order valence-corrected chi connectivity index (χ1v) is 11.9. The van der Waals surface area contributed by atoms with Crippen molar-refractivity contribution >= 4 is 11.8 Å². The van der Waals surface area contributed by atoms with Crippen LogP contribution in [0.2, 0.25) is 0 Å². The van der Waals surface area contributed by atoms with Crippen LogP contribution >= 0.6 is 0 Å². The molecule has 0 aliphatic heterocycles. The smallest absolute Gasteiger partial charge is 0.242 e. The van der Waals surface area contributed by atoms with E-state index < -0.39 is 0 Å². The number of ether oxygens (including phenoxy) is 3. The molecule has 2 aromatic carbocycles. The summed E-state index contributed by atoms with van der Waals surface area (Å²) in [6.07, 6.45) is 2.41. The van der Waals surface area contributed by atoms with E-state index in [-0.39, 0.29) is 24.8 Å². The van der Waals surface area contributed by atoms with Crippen molar-refractivity contribution in [2.24, 2.45) is 0 Å². The van der Waals surface area contributed by atoms with Crippen LogP contribution in [0.15, 0.2) is 71.3 Å². The number of hydrogen-bond acceptors (Lipinski definition) is 6. The van der Waals surface area contributed by atoms with E-state index in [1.54, 1.807) is 43.5 Å². The zero-order valence-electron chi connectivity index (χ0n) is 21.1. The molecule has 0 bridgehead atoms. The van der Waals surface area contributed by atoms with Gasteiger partial charge in [0.05, 0.1) is 46.6 Å². The SMILES string of the molecule is COCCN(CC(=O)N(CCc1ccc(OC)c(OC)c1)Cc1ccco1)C(=O)Cc1ccccc1. The third kappa shape index (κ3) is 7.88. The van der Waals surface area contributed by atoms with Gasteiger partial charge in [-0.3, -0.25) is 9.59 Å². The number of amides is 2. The molecule has 0 aliphatic rings. The fourth-order valence-electron chi connectivity index (χ4n) is 3.82. The molecule has 0 radical (unpaired) electrons. The van der Waals surface area contributed by atoms with Crippen molar-refractivity contribution in [3.63, 3.8) is 0 Å². The number of furan rings is 1. The number of hydrogen-bond donors (Lipinski definition) is 0. The molecular formula is C28H34N2O6. The summed E-state index contributed by atoms with van der Waals surface area (Å²) in [5, 5.41) is 0. The Morgan fingerprint density at radius 3 is 2.25 bits per heavy atom. The van der Waals surface area contributed by atoms with E-state index in [0.717, 1.165) is 11.1 Å². The minimum atomic E-state index is -0.163. The summed E-state index contributed by atoms with van der Waals surface area (Å²) >= 11 is 0. The average Bonchev–Trinajstić information content (AvgIpc) is 3.42. The van der Waals surface area contributed by atoms with Gasteiger partial charge in [-0.15, -0.1) is 0 Å². The second-order valence-corrected chi connectivity index (χ2v) is 8.30. The van der Waals surface area contributed by atoms with Crippen LogP contribution < -0.4 is 9.47 Å². The van der Waals surface area contributed by atoms with E-state index in [0.29, 0.717) is 49.9 Å². The van der Waals surface area contributed by atoms with Crippen molar-refractivity contribution in [1.29, 1.82) is 0 Å². The molecule has 0 spiro atoms. The van der Waals surface area contributed by atoms with Crippen LogP contribution in [-0.4, -0.2) is 69.2 Å². The molecule has 0 saturated carbocycles. The Bertz CT molecular complexity index is 1080. The Kier molecular flexibility index (Phi) is 10.4. The predicted octanol–water partition coefficient (Wildman–Crippen LogP) is 3.59. The summed E-state index contributed by atoms with van der Waals surface area (Å²) in [5.74, 6) is 1.68. The molecule has 0 unspecified atom stereocenters. The quantitative estimate of drug-likeness (QED) is 0.341. The highest BCUT2D eigenvalue weighted by Crippen LogP contribution is 2.27. The molecule has 0 saturated heterocycles. The fourth-order valence-corrected chi connectivity index (χ4v) is 3.82. The van der Waals surface area contributed by atoms with Gasteiger partial charge in [0.25, 0.3) is 0 Å². The van der Waals surface area contributed by atoms with Gasteiger partial charge in [0, 0.05) is 20.2 Å². The molecule has 1 aromatic heterocycles. The highest BCUT2D eigenvalue weighted by molar-refractivity contribution is 5.86. The van der Waals surface area contributed by atoms with Gasteiger partial charge < -0.3 is 28.4 Å². The van der Waals surface area contributed by atoms with Crippen LogP contribution in [0.25, 0.3) is 0 Å². The monoisotopic (exact) mass is 494 g/mol. The van der Waals surface area contributed by atoms with Crippen molar-refractivity contribution < 1.29 is 28.2 Å².